The van der Waals surface area contributed by atoms with Gasteiger partial charge in [0.25, 0.3) is 0 Å². The first-order chi connectivity index (χ1) is 18.5. The molecule has 11 heteroatoms. The minimum atomic E-state index is -2.70. The standard InChI is InChI=1S/C27H18F4N6O/c28-26(29)35-15-20(12-33-35)17-4-6-19(7-5-17)23-14-32-24-2-1-3-25(37(23)24)38-22-10-8-18(9-11-22)21-13-34-36(16-21)27(30)31/h1-16,26-27H. The van der Waals surface area contributed by atoms with Crippen molar-refractivity contribution in [3.05, 3.63) is 97.7 Å². The molecule has 0 aliphatic rings. The number of hydrogen-bond donors (Lipinski definition) is 0. The van der Waals surface area contributed by atoms with E-state index in [0.717, 1.165) is 22.4 Å². The van der Waals surface area contributed by atoms with E-state index in [9.17, 15) is 17.6 Å². The van der Waals surface area contributed by atoms with Crippen LogP contribution < -0.4 is 4.74 Å². The van der Waals surface area contributed by atoms with Gasteiger partial charge in [-0.1, -0.05) is 42.5 Å². The summed E-state index contributed by atoms with van der Waals surface area (Å²) >= 11 is 0. The van der Waals surface area contributed by atoms with Crippen molar-refractivity contribution in [1.29, 1.82) is 0 Å². The molecular weight excluding hydrogens is 500 g/mol. The fraction of sp³-hybridized carbons (Fsp3) is 0.0741. The summed E-state index contributed by atoms with van der Waals surface area (Å²) in [5, 5.41) is 7.36. The summed E-state index contributed by atoms with van der Waals surface area (Å²) in [6.07, 6.45) is 7.11. The van der Waals surface area contributed by atoms with E-state index in [0.29, 0.717) is 37.8 Å². The molecule has 0 unspecified atom stereocenters. The summed E-state index contributed by atoms with van der Waals surface area (Å²) in [7, 11) is 0. The molecule has 0 saturated carbocycles. The number of rotatable bonds is 7. The monoisotopic (exact) mass is 518 g/mol. The molecule has 0 saturated heterocycles. The van der Waals surface area contributed by atoms with Gasteiger partial charge >= 0.3 is 13.1 Å². The summed E-state index contributed by atoms with van der Waals surface area (Å²) < 4.78 is 60.6. The third-order valence-electron chi connectivity index (χ3n) is 6.02. The van der Waals surface area contributed by atoms with Crippen LogP contribution in [-0.4, -0.2) is 28.9 Å². The Morgan fingerprint density at radius 2 is 1.16 bits per heavy atom. The molecule has 2 aromatic carbocycles. The number of halogens is 4. The molecule has 0 N–H and O–H groups in total. The summed E-state index contributed by atoms with van der Waals surface area (Å²) in [6.45, 7) is -5.39. The Kier molecular flexibility index (Phi) is 5.87. The van der Waals surface area contributed by atoms with Gasteiger partial charge in [-0.15, -0.1) is 0 Å². The maximum atomic E-state index is 12.9. The normalized spacial score (nSPS) is 11.6. The Morgan fingerprint density at radius 3 is 1.71 bits per heavy atom. The molecule has 0 amide bonds. The Balaban J connectivity index is 1.27. The third-order valence-corrected chi connectivity index (χ3v) is 6.02. The molecule has 0 spiro atoms. The molecule has 4 aromatic heterocycles. The second kappa shape index (κ2) is 9.51. The molecule has 0 radical (unpaired) electrons. The average molecular weight is 518 g/mol. The van der Waals surface area contributed by atoms with Crippen molar-refractivity contribution in [2.45, 2.75) is 13.1 Å². The van der Waals surface area contributed by atoms with Crippen molar-refractivity contribution in [3.8, 4) is 45.1 Å². The largest absolute Gasteiger partial charge is 0.440 e. The number of nitrogens with zero attached hydrogens (tertiary/aromatic N) is 6. The fourth-order valence-electron chi connectivity index (χ4n) is 4.15. The van der Waals surface area contributed by atoms with Gasteiger partial charge in [0.05, 0.1) is 24.3 Å². The number of hydrogen-bond acceptors (Lipinski definition) is 4. The second-order valence-corrected chi connectivity index (χ2v) is 8.38. The number of ether oxygens (including phenoxy) is 1. The highest BCUT2D eigenvalue weighted by Gasteiger charge is 2.14. The highest BCUT2D eigenvalue weighted by molar-refractivity contribution is 5.70. The smallest absolute Gasteiger partial charge is 0.333 e. The maximum absolute atomic E-state index is 12.9. The van der Waals surface area contributed by atoms with E-state index in [1.807, 2.05) is 46.9 Å². The number of aromatic nitrogens is 6. The quantitative estimate of drug-likeness (QED) is 0.208. The van der Waals surface area contributed by atoms with Crippen LogP contribution in [-0.2, 0) is 0 Å². The van der Waals surface area contributed by atoms with Crippen LogP contribution in [0.1, 0.15) is 13.1 Å². The molecule has 0 bridgehead atoms. The molecule has 190 valence electrons. The summed E-state index contributed by atoms with van der Waals surface area (Å²) in [6, 6.07) is 20.0. The molecule has 0 fully saturated rings. The van der Waals surface area contributed by atoms with Crippen molar-refractivity contribution in [2.24, 2.45) is 0 Å². The molecule has 0 aliphatic heterocycles. The fourth-order valence-corrected chi connectivity index (χ4v) is 4.15. The van der Waals surface area contributed by atoms with Gasteiger partial charge in [-0.3, -0.25) is 4.40 Å². The molecule has 6 aromatic rings. The van der Waals surface area contributed by atoms with E-state index in [1.54, 1.807) is 30.5 Å². The molecule has 0 atom stereocenters. The summed E-state index contributed by atoms with van der Waals surface area (Å²) in [5.74, 6) is 1.07. The van der Waals surface area contributed by atoms with Gasteiger partial charge in [-0.2, -0.15) is 27.8 Å². The Hall–Kier alpha value is -4.93. The number of alkyl halides is 4. The predicted octanol–water partition coefficient (Wildman–Crippen LogP) is 7.31. The number of benzene rings is 2. The van der Waals surface area contributed by atoms with Crippen LogP contribution in [0.25, 0.3) is 39.2 Å². The van der Waals surface area contributed by atoms with Crippen molar-refractivity contribution in [3.63, 3.8) is 0 Å². The van der Waals surface area contributed by atoms with Gasteiger partial charge in [0.1, 0.15) is 11.4 Å². The van der Waals surface area contributed by atoms with Gasteiger partial charge in [0.2, 0.25) is 5.88 Å². The lowest BCUT2D eigenvalue weighted by Crippen LogP contribution is -1.96. The van der Waals surface area contributed by atoms with E-state index in [-0.39, 0.29) is 0 Å². The lowest BCUT2D eigenvalue weighted by atomic mass is 10.1. The Bertz CT molecular complexity index is 1700. The van der Waals surface area contributed by atoms with Gasteiger partial charge in [-0.25, -0.2) is 14.3 Å². The van der Waals surface area contributed by atoms with Crippen LogP contribution in [0.5, 0.6) is 11.6 Å². The van der Waals surface area contributed by atoms with Gasteiger partial charge < -0.3 is 4.74 Å². The Morgan fingerprint density at radius 1 is 0.605 bits per heavy atom. The molecule has 38 heavy (non-hydrogen) atoms. The number of imidazole rings is 1. The zero-order valence-electron chi connectivity index (χ0n) is 19.5. The van der Waals surface area contributed by atoms with Crippen LogP contribution in [0.2, 0.25) is 0 Å². The van der Waals surface area contributed by atoms with Gasteiger partial charge in [0, 0.05) is 29.1 Å². The molecule has 4 heterocycles. The zero-order valence-corrected chi connectivity index (χ0v) is 19.5. The average Bonchev–Trinajstić information content (AvgIpc) is 3.69. The molecule has 0 aliphatic carbocycles. The molecule has 6 rings (SSSR count). The van der Waals surface area contributed by atoms with Crippen molar-refractivity contribution >= 4 is 5.65 Å². The van der Waals surface area contributed by atoms with E-state index >= 15 is 0 Å². The van der Waals surface area contributed by atoms with Crippen molar-refractivity contribution in [2.75, 3.05) is 0 Å². The minimum Gasteiger partial charge on any atom is -0.440 e. The van der Waals surface area contributed by atoms with Crippen molar-refractivity contribution in [1.82, 2.24) is 28.9 Å². The predicted molar refractivity (Wildman–Crippen MR) is 132 cm³/mol. The molecule has 7 nitrogen and oxygen atoms in total. The van der Waals surface area contributed by atoms with E-state index in [1.165, 1.54) is 24.8 Å². The lowest BCUT2D eigenvalue weighted by molar-refractivity contribution is 0.0562. The van der Waals surface area contributed by atoms with Crippen LogP contribution in [0, 0.1) is 0 Å². The highest BCUT2D eigenvalue weighted by atomic mass is 19.3. The summed E-state index contributed by atoms with van der Waals surface area (Å²) in [4.78, 5) is 4.49. The van der Waals surface area contributed by atoms with Crippen LogP contribution in [0.4, 0.5) is 17.6 Å². The SMILES string of the molecule is FC(F)n1cc(-c2ccc(Oc3cccc4ncc(-c5ccc(-c6cnn(C(F)F)c6)cc5)n34)cc2)cn1. The lowest BCUT2D eigenvalue weighted by Gasteiger charge is -2.11. The zero-order chi connectivity index (χ0) is 26.2. The van der Waals surface area contributed by atoms with Crippen LogP contribution >= 0.6 is 0 Å². The summed E-state index contributed by atoms with van der Waals surface area (Å²) in [5.41, 5.74) is 4.95. The first-order valence-electron chi connectivity index (χ1n) is 11.5. The van der Waals surface area contributed by atoms with E-state index < -0.39 is 13.1 Å². The maximum Gasteiger partial charge on any atom is 0.333 e. The van der Waals surface area contributed by atoms with Gasteiger partial charge in [-0.05, 0) is 35.4 Å². The minimum absolute atomic E-state index is 0.524. The van der Waals surface area contributed by atoms with Gasteiger partial charge in [0.15, 0.2) is 0 Å². The second-order valence-electron chi connectivity index (χ2n) is 8.38. The van der Waals surface area contributed by atoms with Crippen LogP contribution in [0.3, 0.4) is 0 Å². The Labute approximate surface area is 213 Å². The first kappa shape index (κ1) is 23.5. The van der Waals surface area contributed by atoms with E-state index in [4.69, 9.17) is 4.74 Å². The van der Waals surface area contributed by atoms with Crippen LogP contribution in [0.15, 0.2) is 97.7 Å². The first-order valence-corrected chi connectivity index (χ1v) is 11.5. The van der Waals surface area contributed by atoms with Crippen molar-refractivity contribution < 1.29 is 22.3 Å². The number of fused-ring (bicyclic) bond motifs is 1. The molecular formula is C27H18F4N6O. The van der Waals surface area contributed by atoms with E-state index in [2.05, 4.69) is 15.2 Å². The third kappa shape index (κ3) is 4.38. The topological polar surface area (TPSA) is 62.2 Å². The number of pyridine rings is 1. The highest BCUT2D eigenvalue weighted by Crippen LogP contribution is 2.31.